The molecule has 13 heavy (non-hydrogen) atoms. The zero-order chi connectivity index (χ0) is 9.10. The summed E-state index contributed by atoms with van der Waals surface area (Å²) in [5.41, 5.74) is 1.01. The van der Waals surface area contributed by atoms with E-state index in [4.69, 9.17) is 4.74 Å². The summed E-state index contributed by atoms with van der Waals surface area (Å²) in [6.07, 6.45) is 5.01. The third-order valence-corrected chi connectivity index (χ3v) is 1.89. The van der Waals surface area contributed by atoms with Crippen molar-refractivity contribution in [3.05, 3.63) is 48.8 Å². The SMILES string of the molecule is COc1ccccc1-n1[c]ccc1. The number of methoxy groups -OCH3 is 1. The van der Waals surface area contributed by atoms with Gasteiger partial charge in [-0.3, -0.25) is 0 Å². The lowest BCUT2D eigenvalue weighted by Gasteiger charge is -2.07. The molecular weight excluding hydrogens is 162 g/mol. The van der Waals surface area contributed by atoms with Crippen molar-refractivity contribution in [1.82, 2.24) is 4.57 Å². The molecule has 1 aromatic heterocycles. The Labute approximate surface area is 77.4 Å². The highest BCUT2D eigenvalue weighted by atomic mass is 16.5. The normalized spacial score (nSPS) is 9.92. The molecule has 0 atom stereocenters. The van der Waals surface area contributed by atoms with Gasteiger partial charge in [-0.25, -0.2) is 0 Å². The average Bonchev–Trinajstić information content (AvgIpc) is 2.70. The Morgan fingerprint density at radius 1 is 1.23 bits per heavy atom. The van der Waals surface area contributed by atoms with Gasteiger partial charge < -0.3 is 9.30 Å². The van der Waals surface area contributed by atoms with Gasteiger partial charge in [0.25, 0.3) is 0 Å². The van der Waals surface area contributed by atoms with E-state index < -0.39 is 0 Å². The zero-order valence-corrected chi connectivity index (χ0v) is 7.40. The van der Waals surface area contributed by atoms with Crippen LogP contribution in [-0.2, 0) is 0 Å². The smallest absolute Gasteiger partial charge is 0.142 e. The summed E-state index contributed by atoms with van der Waals surface area (Å²) in [6.45, 7) is 0. The van der Waals surface area contributed by atoms with Gasteiger partial charge in [0.1, 0.15) is 5.75 Å². The number of hydrogen-bond donors (Lipinski definition) is 0. The Kier molecular flexibility index (Phi) is 2.04. The summed E-state index contributed by atoms with van der Waals surface area (Å²) >= 11 is 0. The highest BCUT2D eigenvalue weighted by Crippen LogP contribution is 2.21. The molecule has 2 heteroatoms. The van der Waals surface area contributed by atoms with Crippen molar-refractivity contribution in [2.45, 2.75) is 0 Å². The van der Waals surface area contributed by atoms with Gasteiger partial charge in [0.15, 0.2) is 0 Å². The molecule has 0 spiro atoms. The van der Waals surface area contributed by atoms with Crippen molar-refractivity contribution in [2.75, 3.05) is 7.11 Å². The monoisotopic (exact) mass is 172 g/mol. The van der Waals surface area contributed by atoms with Crippen molar-refractivity contribution in [2.24, 2.45) is 0 Å². The van der Waals surface area contributed by atoms with Crippen molar-refractivity contribution >= 4 is 0 Å². The van der Waals surface area contributed by atoms with Crippen molar-refractivity contribution in [1.29, 1.82) is 0 Å². The number of ether oxygens (including phenoxy) is 1. The van der Waals surface area contributed by atoms with E-state index in [1.807, 2.05) is 47.2 Å². The summed E-state index contributed by atoms with van der Waals surface area (Å²) in [4.78, 5) is 0. The zero-order valence-electron chi connectivity index (χ0n) is 7.40. The fraction of sp³-hybridized carbons (Fsp3) is 0.0909. The van der Waals surface area contributed by atoms with E-state index in [2.05, 4.69) is 6.20 Å². The van der Waals surface area contributed by atoms with Gasteiger partial charge in [-0.15, -0.1) is 0 Å². The van der Waals surface area contributed by atoms with Crippen LogP contribution in [-0.4, -0.2) is 11.7 Å². The van der Waals surface area contributed by atoms with Gasteiger partial charge in [0.05, 0.1) is 19.0 Å². The third-order valence-electron chi connectivity index (χ3n) is 1.89. The molecule has 1 radical (unpaired) electrons. The molecule has 0 amide bonds. The summed E-state index contributed by atoms with van der Waals surface area (Å²) in [5, 5.41) is 0. The lowest BCUT2D eigenvalue weighted by atomic mass is 10.3. The van der Waals surface area contributed by atoms with E-state index in [0.29, 0.717) is 0 Å². The average molecular weight is 172 g/mol. The molecule has 0 unspecified atom stereocenters. The van der Waals surface area contributed by atoms with Gasteiger partial charge >= 0.3 is 0 Å². The molecule has 1 heterocycles. The molecule has 0 aliphatic carbocycles. The van der Waals surface area contributed by atoms with Crippen LogP contribution in [0.3, 0.4) is 0 Å². The fourth-order valence-corrected chi connectivity index (χ4v) is 1.27. The summed E-state index contributed by atoms with van der Waals surface area (Å²) in [6, 6.07) is 11.7. The first kappa shape index (κ1) is 7.92. The van der Waals surface area contributed by atoms with Crippen LogP contribution in [0.25, 0.3) is 5.69 Å². The van der Waals surface area contributed by atoms with E-state index in [9.17, 15) is 0 Å². The highest BCUT2D eigenvalue weighted by molar-refractivity contribution is 5.46. The van der Waals surface area contributed by atoms with Crippen molar-refractivity contribution in [3.8, 4) is 11.4 Å². The molecule has 2 aromatic rings. The van der Waals surface area contributed by atoms with Crippen LogP contribution in [0.5, 0.6) is 5.75 Å². The molecule has 0 aliphatic heterocycles. The molecule has 0 saturated carbocycles. The Morgan fingerprint density at radius 3 is 2.77 bits per heavy atom. The molecule has 0 aliphatic rings. The van der Waals surface area contributed by atoms with Crippen molar-refractivity contribution in [3.63, 3.8) is 0 Å². The second kappa shape index (κ2) is 3.35. The largest absolute Gasteiger partial charge is 0.495 e. The lowest BCUT2D eigenvalue weighted by molar-refractivity contribution is 0.413. The van der Waals surface area contributed by atoms with Crippen molar-refractivity contribution < 1.29 is 4.74 Å². The number of nitrogens with zero attached hydrogens (tertiary/aromatic N) is 1. The molecular formula is C11H10NO. The minimum absolute atomic E-state index is 0.856. The number of aromatic nitrogens is 1. The van der Waals surface area contributed by atoms with Crippen LogP contribution in [0.1, 0.15) is 0 Å². The van der Waals surface area contributed by atoms with Crippen LogP contribution in [0.2, 0.25) is 0 Å². The number of rotatable bonds is 2. The molecule has 0 saturated heterocycles. The van der Waals surface area contributed by atoms with Crippen LogP contribution in [0.4, 0.5) is 0 Å². The standard InChI is InChI=1S/C11H10NO/c1-13-11-7-3-2-6-10(11)12-8-4-5-9-12/h2-8H,1H3. The highest BCUT2D eigenvalue weighted by Gasteiger charge is 2.01. The summed E-state index contributed by atoms with van der Waals surface area (Å²) in [7, 11) is 1.67. The predicted octanol–water partition coefficient (Wildman–Crippen LogP) is 2.29. The maximum atomic E-state index is 5.23. The number of benzene rings is 1. The third kappa shape index (κ3) is 1.43. The van der Waals surface area contributed by atoms with E-state index >= 15 is 0 Å². The minimum Gasteiger partial charge on any atom is -0.495 e. The second-order valence-electron chi connectivity index (χ2n) is 2.68. The first-order valence-electron chi connectivity index (χ1n) is 4.10. The van der Waals surface area contributed by atoms with Crippen LogP contribution in [0, 0.1) is 6.20 Å². The van der Waals surface area contributed by atoms with E-state index in [0.717, 1.165) is 11.4 Å². The Morgan fingerprint density at radius 2 is 2.08 bits per heavy atom. The van der Waals surface area contributed by atoms with Crippen LogP contribution >= 0.6 is 0 Å². The van der Waals surface area contributed by atoms with E-state index in [-0.39, 0.29) is 0 Å². The first-order chi connectivity index (χ1) is 6.42. The molecule has 65 valence electrons. The second-order valence-corrected chi connectivity index (χ2v) is 2.68. The molecule has 0 bridgehead atoms. The minimum atomic E-state index is 0.856. The molecule has 0 fully saturated rings. The topological polar surface area (TPSA) is 14.2 Å². The molecule has 2 nitrogen and oxygen atoms in total. The van der Waals surface area contributed by atoms with E-state index in [1.54, 1.807) is 7.11 Å². The Bertz CT molecular complexity index is 379. The summed E-state index contributed by atoms with van der Waals surface area (Å²) < 4.78 is 7.13. The van der Waals surface area contributed by atoms with Crippen LogP contribution < -0.4 is 4.74 Å². The maximum Gasteiger partial charge on any atom is 0.142 e. The van der Waals surface area contributed by atoms with Gasteiger partial charge in [-0.2, -0.15) is 0 Å². The first-order valence-corrected chi connectivity index (χ1v) is 4.10. The maximum absolute atomic E-state index is 5.23. The molecule has 2 rings (SSSR count). The lowest BCUT2D eigenvalue weighted by Crippen LogP contribution is -1.94. The molecule has 0 N–H and O–H groups in total. The fourth-order valence-electron chi connectivity index (χ4n) is 1.27. The van der Waals surface area contributed by atoms with E-state index in [1.165, 1.54) is 0 Å². The van der Waals surface area contributed by atoms with Gasteiger partial charge in [-0.1, -0.05) is 12.1 Å². The number of hydrogen-bond acceptors (Lipinski definition) is 1. The quantitative estimate of drug-likeness (QED) is 0.677. The molecule has 1 aromatic carbocycles. The number of para-hydroxylation sites is 2. The Hall–Kier alpha value is -1.70. The van der Waals surface area contributed by atoms with Gasteiger partial charge in [0, 0.05) is 6.20 Å². The van der Waals surface area contributed by atoms with Gasteiger partial charge in [-0.05, 0) is 24.3 Å². The summed E-state index contributed by atoms with van der Waals surface area (Å²) in [5.74, 6) is 0.856. The predicted molar refractivity (Wildman–Crippen MR) is 51.2 cm³/mol. The Balaban J connectivity index is 2.51. The van der Waals surface area contributed by atoms with Crippen LogP contribution in [0.15, 0.2) is 42.6 Å². The van der Waals surface area contributed by atoms with Gasteiger partial charge in [0.2, 0.25) is 0 Å².